The molecule has 4 aromatic rings. The minimum Gasteiger partial charge on any atom is -0.380 e. The second-order valence-electron chi connectivity index (χ2n) is 7.33. The van der Waals surface area contributed by atoms with Gasteiger partial charge in [-0.05, 0) is 24.6 Å². The average Bonchev–Trinajstić information content (AvgIpc) is 3.41. The fourth-order valence-corrected chi connectivity index (χ4v) is 3.83. The number of benzene rings is 1. The zero-order valence-electron chi connectivity index (χ0n) is 16.6. The van der Waals surface area contributed by atoms with Crippen molar-refractivity contribution in [2.75, 3.05) is 25.1 Å². The Labute approximate surface area is 173 Å². The van der Waals surface area contributed by atoms with Crippen molar-refractivity contribution in [2.45, 2.75) is 19.1 Å². The number of fused-ring (bicyclic) bond motifs is 1. The number of aromatic nitrogens is 5. The van der Waals surface area contributed by atoms with Gasteiger partial charge in [0.15, 0.2) is 11.5 Å². The van der Waals surface area contributed by atoms with Gasteiger partial charge in [-0.25, -0.2) is 24.0 Å². The Hall–Kier alpha value is -3.39. The molecule has 1 fully saturated rings. The van der Waals surface area contributed by atoms with Crippen LogP contribution in [0, 0.1) is 5.82 Å². The van der Waals surface area contributed by atoms with Gasteiger partial charge in [0, 0.05) is 32.0 Å². The second-order valence-corrected chi connectivity index (χ2v) is 7.33. The normalized spacial score (nSPS) is 16.5. The third-order valence-corrected chi connectivity index (χ3v) is 5.48. The maximum absolute atomic E-state index is 14.2. The topological polar surface area (TPSA) is 69.0 Å². The molecule has 0 N–H and O–H groups in total. The molecule has 4 heterocycles. The molecule has 8 heteroatoms. The number of methoxy groups -OCH3 is 1. The molecule has 0 radical (unpaired) electrons. The zero-order chi connectivity index (χ0) is 20.5. The van der Waals surface area contributed by atoms with Crippen molar-refractivity contribution in [3.05, 3.63) is 66.4 Å². The molecule has 152 valence electrons. The summed E-state index contributed by atoms with van der Waals surface area (Å²) in [6.45, 7) is 2.04. The van der Waals surface area contributed by atoms with Crippen molar-refractivity contribution in [3.63, 3.8) is 0 Å². The maximum Gasteiger partial charge on any atom is 0.180 e. The summed E-state index contributed by atoms with van der Waals surface area (Å²) in [7, 11) is 1.74. The quantitative estimate of drug-likeness (QED) is 0.508. The highest BCUT2D eigenvalue weighted by Gasteiger charge is 2.23. The van der Waals surface area contributed by atoms with E-state index in [0.717, 1.165) is 30.6 Å². The molecule has 7 nitrogen and oxygen atoms in total. The van der Waals surface area contributed by atoms with E-state index in [-0.39, 0.29) is 18.5 Å². The number of hydrogen-bond donors (Lipinski definition) is 0. The molecule has 0 saturated carbocycles. The van der Waals surface area contributed by atoms with Gasteiger partial charge < -0.3 is 9.64 Å². The summed E-state index contributed by atoms with van der Waals surface area (Å²) in [5.74, 6) is 0.255. The molecule has 5 rings (SSSR count). The van der Waals surface area contributed by atoms with Crippen molar-refractivity contribution in [1.29, 1.82) is 0 Å². The molecule has 1 aliphatic heterocycles. The Balaban J connectivity index is 1.48. The van der Waals surface area contributed by atoms with Crippen LogP contribution in [0.1, 0.15) is 12.0 Å². The molecule has 0 unspecified atom stereocenters. The van der Waals surface area contributed by atoms with Gasteiger partial charge in [0.2, 0.25) is 0 Å². The first-order valence-electron chi connectivity index (χ1n) is 9.88. The predicted molar refractivity (Wildman–Crippen MR) is 112 cm³/mol. The Morgan fingerprint density at radius 1 is 1.10 bits per heavy atom. The minimum atomic E-state index is -0.265. The van der Waals surface area contributed by atoms with Gasteiger partial charge in [-0.1, -0.05) is 18.2 Å². The Morgan fingerprint density at radius 2 is 1.93 bits per heavy atom. The Bertz CT molecular complexity index is 1180. The van der Waals surface area contributed by atoms with E-state index >= 15 is 0 Å². The first-order valence-corrected chi connectivity index (χ1v) is 9.88. The van der Waals surface area contributed by atoms with Gasteiger partial charge in [0.1, 0.15) is 11.5 Å². The van der Waals surface area contributed by atoms with Crippen molar-refractivity contribution in [1.82, 2.24) is 24.7 Å². The van der Waals surface area contributed by atoms with Crippen molar-refractivity contribution < 1.29 is 9.13 Å². The molecular formula is C22H21FN6O. The summed E-state index contributed by atoms with van der Waals surface area (Å²) < 4.78 is 21.3. The van der Waals surface area contributed by atoms with E-state index in [9.17, 15) is 4.39 Å². The number of hydrogen-bond acceptors (Lipinski definition) is 6. The number of ether oxygens (including phenoxy) is 1. The second kappa shape index (κ2) is 7.79. The minimum absolute atomic E-state index is 0.244. The lowest BCUT2D eigenvalue weighted by molar-refractivity contribution is 0.121. The highest BCUT2D eigenvalue weighted by atomic mass is 19.1. The average molecular weight is 404 g/mol. The fraction of sp³-hybridized carbons (Fsp3) is 0.273. The zero-order valence-corrected chi connectivity index (χ0v) is 16.6. The lowest BCUT2D eigenvalue weighted by Crippen LogP contribution is -2.22. The van der Waals surface area contributed by atoms with E-state index < -0.39 is 0 Å². The summed E-state index contributed by atoms with van der Waals surface area (Å²) >= 11 is 0. The van der Waals surface area contributed by atoms with E-state index in [0.29, 0.717) is 22.7 Å². The van der Waals surface area contributed by atoms with Crippen LogP contribution in [-0.4, -0.2) is 51.0 Å². The third kappa shape index (κ3) is 3.39. The largest absolute Gasteiger partial charge is 0.380 e. The Kier molecular flexibility index (Phi) is 4.84. The molecule has 1 atom stereocenters. The predicted octanol–water partition coefficient (Wildman–Crippen LogP) is 3.30. The first kappa shape index (κ1) is 18.6. The van der Waals surface area contributed by atoms with Gasteiger partial charge in [-0.2, -0.15) is 5.10 Å². The molecule has 1 aromatic carbocycles. The fourth-order valence-electron chi connectivity index (χ4n) is 3.83. The van der Waals surface area contributed by atoms with Crippen LogP contribution in [0.5, 0.6) is 0 Å². The number of rotatable bonds is 5. The number of pyridine rings is 1. The van der Waals surface area contributed by atoms with Crippen LogP contribution in [0.4, 0.5) is 10.1 Å². The molecule has 0 aliphatic carbocycles. The summed E-state index contributed by atoms with van der Waals surface area (Å²) in [5, 5.41) is 5.51. The van der Waals surface area contributed by atoms with Crippen LogP contribution in [0.25, 0.3) is 22.6 Å². The molecule has 3 aromatic heterocycles. The lowest BCUT2D eigenvalue weighted by atomic mass is 10.2. The molecule has 1 aliphatic rings. The van der Waals surface area contributed by atoms with Gasteiger partial charge in [-0.15, -0.1) is 0 Å². The van der Waals surface area contributed by atoms with Gasteiger partial charge >= 0.3 is 0 Å². The van der Waals surface area contributed by atoms with Crippen LogP contribution < -0.4 is 4.90 Å². The highest BCUT2D eigenvalue weighted by Crippen LogP contribution is 2.27. The number of nitrogens with zero attached hydrogens (tertiary/aromatic N) is 6. The number of halogens is 1. The molecule has 0 spiro atoms. The summed E-state index contributed by atoms with van der Waals surface area (Å²) in [5.41, 5.74) is 2.83. The standard InChI is InChI=1S/C22H21FN6O/c1-30-17-8-10-28(14-17)16-11-25-21(26-12-16)20-18-6-4-9-24-22(18)29(27-20)13-15-5-2-3-7-19(15)23/h2-7,9,11-12,17H,8,10,13-14H2,1H3/t17-/m1/s1. The molecule has 30 heavy (non-hydrogen) atoms. The SMILES string of the molecule is CO[C@@H]1CCN(c2cnc(-c3nn(Cc4ccccc4F)c4ncccc34)nc2)C1. The molecule has 1 saturated heterocycles. The van der Waals surface area contributed by atoms with Gasteiger partial charge in [-0.3, -0.25) is 0 Å². The summed E-state index contributed by atoms with van der Waals surface area (Å²) in [6, 6.07) is 10.5. The van der Waals surface area contributed by atoms with Crippen LogP contribution in [0.15, 0.2) is 55.0 Å². The van der Waals surface area contributed by atoms with Crippen LogP contribution in [0.3, 0.4) is 0 Å². The van der Waals surface area contributed by atoms with Gasteiger partial charge in [0.25, 0.3) is 0 Å². The van der Waals surface area contributed by atoms with Crippen molar-refractivity contribution in [3.8, 4) is 11.5 Å². The van der Waals surface area contributed by atoms with E-state index in [1.165, 1.54) is 6.07 Å². The lowest BCUT2D eigenvalue weighted by Gasteiger charge is -2.17. The van der Waals surface area contributed by atoms with Gasteiger partial charge in [0.05, 0.1) is 36.1 Å². The van der Waals surface area contributed by atoms with Crippen molar-refractivity contribution >= 4 is 16.7 Å². The number of anilines is 1. The molecule has 0 bridgehead atoms. The monoisotopic (exact) mass is 404 g/mol. The first-order chi connectivity index (χ1) is 14.7. The van der Waals surface area contributed by atoms with Crippen LogP contribution >= 0.6 is 0 Å². The van der Waals surface area contributed by atoms with E-state index in [2.05, 4.69) is 25.0 Å². The molecule has 0 amide bonds. The van der Waals surface area contributed by atoms with Crippen LogP contribution in [0.2, 0.25) is 0 Å². The van der Waals surface area contributed by atoms with E-state index in [4.69, 9.17) is 4.74 Å². The highest BCUT2D eigenvalue weighted by molar-refractivity contribution is 5.89. The van der Waals surface area contributed by atoms with E-state index in [1.54, 1.807) is 30.1 Å². The maximum atomic E-state index is 14.2. The summed E-state index contributed by atoms with van der Waals surface area (Å²) in [4.78, 5) is 15.8. The Morgan fingerprint density at radius 3 is 2.70 bits per heavy atom. The van der Waals surface area contributed by atoms with Crippen LogP contribution in [-0.2, 0) is 11.3 Å². The summed E-state index contributed by atoms with van der Waals surface area (Å²) in [6.07, 6.45) is 6.58. The third-order valence-electron chi connectivity index (χ3n) is 5.48. The molecular weight excluding hydrogens is 383 g/mol. The van der Waals surface area contributed by atoms with E-state index in [1.807, 2.05) is 30.6 Å². The smallest absolute Gasteiger partial charge is 0.180 e. The van der Waals surface area contributed by atoms with Crippen molar-refractivity contribution in [2.24, 2.45) is 0 Å².